The Kier molecular flexibility index (Phi) is 5.12. The summed E-state index contributed by atoms with van der Waals surface area (Å²) in [6.45, 7) is 6.55. The molecule has 1 aromatic carbocycles. The fourth-order valence-electron chi connectivity index (χ4n) is 2.02. The molecule has 2 rings (SSSR count). The van der Waals surface area contributed by atoms with Gasteiger partial charge < -0.3 is 14.6 Å². The van der Waals surface area contributed by atoms with Gasteiger partial charge in [0.05, 0.1) is 0 Å². The van der Waals surface area contributed by atoms with Crippen LogP contribution in [-0.4, -0.2) is 16.1 Å². The molecular weight excluding hydrogens is 257 g/mol. The van der Waals surface area contributed by atoms with Crippen LogP contribution in [0.25, 0.3) is 0 Å². The third-order valence-corrected chi connectivity index (χ3v) is 3.10. The topological polar surface area (TPSA) is 39.1 Å². The molecule has 1 heterocycles. The Labute approximate surface area is 118 Å². The molecule has 0 saturated carbocycles. The molecule has 0 bridgehead atoms. The van der Waals surface area contributed by atoms with E-state index in [1.807, 2.05) is 30.7 Å². The first-order chi connectivity index (χ1) is 9.76. The fourth-order valence-corrected chi connectivity index (χ4v) is 2.02. The molecule has 0 aliphatic heterocycles. The van der Waals surface area contributed by atoms with Gasteiger partial charge in [-0.05, 0) is 19.5 Å². The molecule has 0 radical (unpaired) electrons. The van der Waals surface area contributed by atoms with E-state index in [2.05, 4.69) is 10.3 Å². The average molecular weight is 277 g/mol. The summed E-state index contributed by atoms with van der Waals surface area (Å²) in [7, 11) is 0. The van der Waals surface area contributed by atoms with Gasteiger partial charge in [0.25, 0.3) is 0 Å². The Balaban J connectivity index is 2.12. The van der Waals surface area contributed by atoms with Crippen LogP contribution in [0.5, 0.6) is 5.75 Å². The van der Waals surface area contributed by atoms with E-state index in [1.165, 1.54) is 6.07 Å². The van der Waals surface area contributed by atoms with Crippen LogP contribution in [0.15, 0.2) is 30.6 Å². The van der Waals surface area contributed by atoms with Crippen molar-refractivity contribution in [3.63, 3.8) is 0 Å². The van der Waals surface area contributed by atoms with Crippen LogP contribution in [-0.2, 0) is 19.7 Å². The van der Waals surface area contributed by atoms with E-state index in [1.54, 1.807) is 12.3 Å². The van der Waals surface area contributed by atoms with Crippen molar-refractivity contribution in [1.29, 1.82) is 0 Å². The van der Waals surface area contributed by atoms with E-state index in [0.29, 0.717) is 12.3 Å². The Morgan fingerprint density at radius 2 is 2.20 bits per heavy atom. The lowest BCUT2D eigenvalue weighted by Crippen LogP contribution is -2.14. The van der Waals surface area contributed by atoms with Crippen LogP contribution in [0.1, 0.15) is 25.2 Å². The van der Waals surface area contributed by atoms with E-state index in [0.717, 1.165) is 24.5 Å². The lowest BCUT2D eigenvalue weighted by molar-refractivity contribution is 0.272. The average Bonchev–Trinajstić information content (AvgIpc) is 2.91. The zero-order chi connectivity index (χ0) is 14.4. The predicted octanol–water partition coefficient (Wildman–Crippen LogP) is 2.73. The summed E-state index contributed by atoms with van der Waals surface area (Å²) in [5.41, 5.74) is 0.821. The summed E-state index contributed by atoms with van der Waals surface area (Å²) in [6.07, 6.45) is 3.61. The molecule has 1 N–H and O–H groups in total. The molecule has 1 aromatic heterocycles. The van der Waals surface area contributed by atoms with Crippen molar-refractivity contribution in [1.82, 2.24) is 14.9 Å². The van der Waals surface area contributed by atoms with E-state index >= 15 is 0 Å². The lowest BCUT2D eigenvalue weighted by atomic mass is 10.2. The number of para-hydroxylation sites is 1. The van der Waals surface area contributed by atoms with Crippen molar-refractivity contribution in [3.8, 4) is 5.75 Å². The van der Waals surface area contributed by atoms with Gasteiger partial charge in [0, 0.05) is 31.0 Å². The molecule has 0 aliphatic rings. The van der Waals surface area contributed by atoms with Crippen molar-refractivity contribution in [2.75, 3.05) is 6.54 Å². The zero-order valence-electron chi connectivity index (χ0n) is 11.9. The first kappa shape index (κ1) is 14.5. The third-order valence-electron chi connectivity index (χ3n) is 3.10. The lowest BCUT2D eigenvalue weighted by Gasteiger charge is -2.13. The Bertz CT molecular complexity index is 554. The number of aromatic nitrogens is 2. The summed E-state index contributed by atoms with van der Waals surface area (Å²) in [6, 6.07) is 4.98. The smallest absolute Gasteiger partial charge is 0.165 e. The number of benzene rings is 1. The summed E-state index contributed by atoms with van der Waals surface area (Å²) in [5, 5.41) is 3.18. The molecule has 0 amide bonds. The maximum atomic E-state index is 13.9. The van der Waals surface area contributed by atoms with Crippen molar-refractivity contribution in [2.24, 2.45) is 0 Å². The number of rotatable bonds is 7. The van der Waals surface area contributed by atoms with E-state index < -0.39 is 0 Å². The van der Waals surface area contributed by atoms with E-state index in [-0.39, 0.29) is 12.4 Å². The standard InChI is InChI=1S/C15H20FN3O/c1-3-17-10-12-6-5-7-13(16)15(12)20-11-14-18-8-9-19(14)4-2/h5-9,17H,3-4,10-11H2,1-2H3. The van der Waals surface area contributed by atoms with Gasteiger partial charge in [-0.2, -0.15) is 0 Å². The van der Waals surface area contributed by atoms with Crippen LogP contribution >= 0.6 is 0 Å². The second-order valence-corrected chi connectivity index (χ2v) is 4.43. The molecule has 108 valence electrons. The van der Waals surface area contributed by atoms with Gasteiger partial charge in [0.15, 0.2) is 11.6 Å². The Morgan fingerprint density at radius 1 is 1.35 bits per heavy atom. The summed E-state index contributed by atoms with van der Waals surface area (Å²) >= 11 is 0. The highest BCUT2D eigenvalue weighted by Crippen LogP contribution is 2.23. The maximum Gasteiger partial charge on any atom is 0.165 e. The van der Waals surface area contributed by atoms with Crippen molar-refractivity contribution in [2.45, 2.75) is 33.5 Å². The minimum absolute atomic E-state index is 0.265. The first-order valence-electron chi connectivity index (χ1n) is 6.87. The number of hydrogen-bond acceptors (Lipinski definition) is 3. The highest BCUT2D eigenvalue weighted by Gasteiger charge is 2.11. The van der Waals surface area contributed by atoms with Gasteiger partial charge in [-0.3, -0.25) is 0 Å². The van der Waals surface area contributed by atoms with Gasteiger partial charge in [-0.25, -0.2) is 9.37 Å². The van der Waals surface area contributed by atoms with Gasteiger partial charge >= 0.3 is 0 Å². The number of imidazole rings is 1. The Hall–Kier alpha value is -1.88. The molecule has 2 aromatic rings. The molecule has 4 nitrogen and oxygen atoms in total. The number of hydrogen-bond donors (Lipinski definition) is 1. The minimum Gasteiger partial charge on any atom is -0.482 e. The normalized spacial score (nSPS) is 10.8. The number of ether oxygens (including phenoxy) is 1. The molecule has 0 spiro atoms. The summed E-state index contributed by atoms with van der Waals surface area (Å²) in [5.74, 6) is 0.763. The van der Waals surface area contributed by atoms with E-state index in [4.69, 9.17) is 4.74 Å². The summed E-state index contributed by atoms with van der Waals surface area (Å²) in [4.78, 5) is 4.22. The molecule has 0 aliphatic carbocycles. The SMILES string of the molecule is CCNCc1cccc(F)c1OCc1nccn1CC. The van der Waals surface area contributed by atoms with Crippen LogP contribution in [0.4, 0.5) is 4.39 Å². The summed E-state index contributed by atoms with van der Waals surface area (Å²) < 4.78 is 21.5. The van der Waals surface area contributed by atoms with Crippen LogP contribution in [0.3, 0.4) is 0 Å². The van der Waals surface area contributed by atoms with Crippen LogP contribution in [0.2, 0.25) is 0 Å². The van der Waals surface area contributed by atoms with Crippen LogP contribution in [0, 0.1) is 5.82 Å². The predicted molar refractivity (Wildman–Crippen MR) is 76.0 cm³/mol. The van der Waals surface area contributed by atoms with E-state index in [9.17, 15) is 4.39 Å². The first-order valence-corrected chi connectivity index (χ1v) is 6.87. The van der Waals surface area contributed by atoms with Crippen molar-refractivity contribution >= 4 is 0 Å². The molecular formula is C15H20FN3O. The van der Waals surface area contributed by atoms with Gasteiger partial charge in [-0.1, -0.05) is 19.1 Å². The number of nitrogens with one attached hydrogen (secondary N) is 1. The number of aryl methyl sites for hydroxylation is 1. The third kappa shape index (κ3) is 3.36. The largest absolute Gasteiger partial charge is 0.482 e. The fraction of sp³-hybridized carbons (Fsp3) is 0.400. The second-order valence-electron chi connectivity index (χ2n) is 4.43. The zero-order valence-corrected chi connectivity index (χ0v) is 11.9. The van der Waals surface area contributed by atoms with Gasteiger partial charge in [0.2, 0.25) is 0 Å². The monoisotopic (exact) mass is 277 g/mol. The number of nitrogens with zero attached hydrogens (tertiary/aromatic N) is 2. The quantitative estimate of drug-likeness (QED) is 0.846. The number of halogens is 1. The second kappa shape index (κ2) is 7.05. The molecule has 20 heavy (non-hydrogen) atoms. The molecule has 0 unspecified atom stereocenters. The Morgan fingerprint density at radius 3 is 2.95 bits per heavy atom. The van der Waals surface area contributed by atoms with Crippen molar-refractivity contribution < 1.29 is 9.13 Å². The molecule has 0 atom stereocenters. The maximum absolute atomic E-state index is 13.9. The molecule has 0 saturated heterocycles. The molecule has 5 heteroatoms. The minimum atomic E-state index is -0.338. The van der Waals surface area contributed by atoms with Crippen molar-refractivity contribution in [3.05, 3.63) is 47.8 Å². The van der Waals surface area contributed by atoms with Gasteiger partial charge in [0.1, 0.15) is 12.4 Å². The van der Waals surface area contributed by atoms with Crippen LogP contribution < -0.4 is 10.1 Å². The highest BCUT2D eigenvalue weighted by atomic mass is 19.1. The van der Waals surface area contributed by atoms with Gasteiger partial charge in [-0.15, -0.1) is 0 Å². The molecule has 0 fully saturated rings. The highest BCUT2D eigenvalue weighted by molar-refractivity contribution is 5.35.